The van der Waals surface area contributed by atoms with Crippen LogP contribution >= 0.6 is 11.8 Å². The second-order valence-corrected chi connectivity index (χ2v) is 3.71. The third kappa shape index (κ3) is 2.70. The molecule has 1 aromatic rings. The van der Waals surface area contributed by atoms with E-state index in [0.717, 1.165) is 12.0 Å². The van der Waals surface area contributed by atoms with Crippen LogP contribution in [0, 0.1) is 6.92 Å². The Balaban J connectivity index is 2.51. The van der Waals surface area contributed by atoms with Crippen molar-refractivity contribution >= 4 is 18.0 Å². The topological polar surface area (TPSA) is 17.1 Å². The minimum Gasteiger partial charge on any atom is -0.303 e. The average Bonchev–Trinajstić information content (AvgIpc) is 2.09. The Labute approximate surface area is 77.2 Å². The van der Waals surface area contributed by atoms with Crippen molar-refractivity contribution in [3.05, 3.63) is 29.8 Å². The standard InChI is InChI=1S/C10H12OS/c1-9-5-2-3-6-10(9)12-8-4-7-11/h2-3,5-7H,4,8H2,1H3. The molecule has 0 unspecified atom stereocenters. The summed E-state index contributed by atoms with van der Waals surface area (Å²) in [5, 5.41) is 0. The zero-order valence-corrected chi connectivity index (χ0v) is 7.93. The van der Waals surface area contributed by atoms with Gasteiger partial charge in [-0.2, -0.15) is 0 Å². The molecule has 0 saturated heterocycles. The first-order chi connectivity index (χ1) is 5.84. The van der Waals surface area contributed by atoms with Gasteiger partial charge in [-0.1, -0.05) is 18.2 Å². The van der Waals surface area contributed by atoms with Crippen molar-refractivity contribution in [3.63, 3.8) is 0 Å². The molecule has 2 heteroatoms. The maximum absolute atomic E-state index is 10.1. The van der Waals surface area contributed by atoms with E-state index in [4.69, 9.17) is 0 Å². The molecule has 0 aliphatic carbocycles. The highest BCUT2D eigenvalue weighted by atomic mass is 32.2. The molecule has 1 rings (SSSR count). The lowest BCUT2D eigenvalue weighted by atomic mass is 10.2. The lowest BCUT2D eigenvalue weighted by Gasteiger charge is -2.02. The van der Waals surface area contributed by atoms with Crippen molar-refractivity contribution in [1.29, 1.82) is 0 Å². The highest BCUT2D eigenvalue weighted by molar-refractivity contribution is 7.99. The number of carbonyl (C=O) groups excluding carboxylic acids is 1. The summed E-state index contributed by atoms with van der Waals surface area (Å²) in [7, 11) is 0. The van der Waals surface area contributed by atoms with Crippen molar-refractivity contribution in [2.24, 2.45) is 0 Å². The Hall–Kier alpha value is -0.760. The summed E-state index contributed by atoms with van der Waals surface area (Å²) in [4.78, 5) is 11.3. The first-order valence-corrected chi connectivity index (χ1v) is 4.95. The number of rotatable bonds is 4. The molecule has 64 valence electrons. The summed E-state index contributed by atoms with van der Waals surface area (Å²) < 4.78 is 0. The molecule has 0 amide bonds. The van der Waals surface area contributed by atoms with Gasteiger partial charge < -0.3 is 4.79 Å². The Bertz CT molecular complexity index is 258. The Morgan fingerprint density at radius 2 is 2.17 bits per heavy atom. The number of hydrogen-bond donors (Lipinski definition) is 0. The van der Waals surface area contributed by atoms with Crippen LogP contribution < -0.4 is 0 Å². The molecule has 0 bridgehead atoms. The van der Waals surface area contributed by atoms with Crippen LogP contribution in [-0.4, -0.2) is 12.0 Å². The normalized spacial score (nSPS) is 9.75. The molecule has 0 N–H and O–H groups in total. The maximum atomic E-state index is 10.1. The van der Waals surface area contributed by atoms with E-state index in [0.29, 0.717) is 6.42 Å². The molecular formula is C10H12OS. The van der Waals surface area contributed by atoms with Crippen LogP contribution in [0.2, 0.25) is 0 Å². The van der Waals surface area contributed by atoms with Gasteiger partial charge in [0.25, 0.3) is 0 Å². The molecule has 0 atom stereocenters. The van der Waals surface area contributed by atoms with Crippen LogP contribution in [0.15, 0.2) is 29.2 Å². The SMILES string of the molecule is Cc1ccccc1SCCC=O. The molecule has 0 aromatic heterocycles. The van der Waals surface area contributed by atoms with Gasteiger partial charge in [0.05, 0.1) is 0 Å². The summed E-state index contributed by atoms with van der Waals surface area (Å²) in [5.41, 5.74) is 1.29. The molecular weight excluding hydrogens is 168 g/mol. The van der Waals surface area contributed by atoms with E-state index in [1.165, 1.54) is 10.5 Å². The minimum atomic E-state index is 0.638. The van der Waals surface area contributed by atoms with Crippen LogP contribution in [0.5, 0.6) is 0 Å². The lowest BCUT2D eigenvalue weighted by Crippen LogP contribution is -1.82. The second kappa shape index (κ2) is 4.99. The summed E-state index contributed by atoms with van der Waals surface area (Å²) in [6, 6.07) is 8.23. The Kier molecular flexibility index (Phi) is 3.88. The van der Waals surface area contributed by atoms with Gasteiger partial charge in [0.15, 0.2) is 0 Å². The highest BCUT2D eigenvalue weighted by Gasteiger charge is 1.95. The van der Waals surface area contributed by atoms with E-state index in [2.05, 4.69) is 19.1 Å². The van der Waals surface area contributed by atoms with Gasteiger partial charge >= 0.3 is 0 Å². The molecule has 0 heterocycles. The molecule has 0 saturated carbocycles. The number of carbonyl (C=O) groups is 1. The molecule has 1 aromatic carbocycles. The fraction of sp³-hybridized carbons (Fsp3) is 0.300. The average molecular weight is 180 g/mol. The van der Waals surface area contributed by atoms with Gasteiger partial charge in [0.2, 0.25) is 0 Å². The zero-order valence-electron chi connectivity index (χ0n) is 7.12. The summed E-state index contributed by atoms with van der Waals surface area (Å²) in [5.74, 6) is 0.883. The van der Waals surface area contributed by atoms with Crippen molar-refractivity contribution in [3.8, 4) is 0 Å². The third-order valence-corrected chi connectivity index (χ3v) is 2.80. The predicted octanol–water partition coefficient (Wildman–Crippen LogP) is 2.68. The number of thioether (sulfide) groups is 1. The Morgan fingerprint density at radius 1 is 1.42 bits per heavy atom. The molecule has 1 nitrogen and oxygen atoms in total. The van der Waals surface area contributed by atoms with E-state index >= 15 is 0 Å². The largest absolute Gasteiger partial charge is 0.303 e. The van der Waals surface area contributed by atoms with Gasteiger partial charge in [0.1, 0.15) is 6.29 Å². The van der Waals surface area contributed by atoms with Crippen LogP contribution in [0.4, 0.5) is 0 Å². The number of aryl methyl sites for hydroxylation is 1. The van der Waals surface area contributed by atoms with Crippen molar-refractivity contribution in [2.75, 3.05) is 5.75 Å². The van der Waals surface area contributed by atoms with Crippen LogP contribution in [0.1, 0.15) is 12.0 Å². The molecule has 0 aliphatic rings. The van der Waals surface area contributed by atoms with E-state index in [1.807, 2.05) is 12.1 Å². The molecule has 0 aliphatic heterocycles. The summed E-state index contributed by atoms with van der Waals surface area (Å²) >= 11 is 1.74. The first-order valence-electron chi connectivity index (χ1n) is 3.96. The van der Waals surface area contributed by atoms with Crippen LogP contribution in [0.3, 0.4) is 0 Å². The minimum absolute atomic E-state index is 0.638. The van der Waals surface area contributed by atoms with E-state index in [1.54, 1.807) is 11.8 Å². The monoisotopic (exact) mass is 180 g/mol. The number of benzene rings is 1. The first kappa shape index (κ1) is 9.33. The van der Waals surface area contributed by atoms with Crippen molar-refractivity contribution in [2.45, 2.75) is 18.2 Å². The van der Waals surface area contributed by atoms with Crippen LogP contribution in [0.25, 0.3) is 0 Å². The second-order valence-electron chi connectivity index (χ2n) is 2.57. The van der Waals surface area contributed by atoms with E-state index < -0.39 is 0 Å². The smallest absolute Gasteiger partial charge is 0.120 e. The number of hydrogen-bond acceptors (Lipinski definition) is 2. The van der Waals surface area contributed by atoms with Crippen LogP contribution in [-0.2, 0) is 4.79 Å². The van der Waals surface area contributed by atoms with Gasteiger partial charge in [-0.3, -0.25) is 0 Å². The van der Waals surface area contributed by atoms with Crippen molar-refractivity contribution < 1.29 is 4.79 Å². The highest BCUT2D eigenvalue weighted by Crippen LogP contribution is 2.21. The van der Waals surface area contributed by atoms with Crippen molar-refractivity contribution in [1.82, 2.24) is 0 Å². The van der Waals surface area contributed by atoms with Gasteiger partial charge in [-0.15, -0.1) is 11.8 Å². The summed E-state index contributed by atoms with van der Waals surface area (Å²) in [6.45, 7) is 2.09. The zero-order chi connectivity index (χ0) is 8.81. The quantitative estimate of drug-likeness (QED) is 0.402. The fourth-order valence-corrected chi connectivity index (χ4v) is 1.84. The molecule has 0 spiro atoms. The van der Waals surface area contributed by atoms with E-state index in [9.17, 15) is 4.79 Å². The predicted molar refractivity (Wildman–Crippen MR) is 52.6 cm³/mol. The Morgan fingerprint density at radius 3 is 2.83 bits per heavy atom. The molecule has 0 fully saturated rings. The van der Waals surface area contributed by atoms with E-state index in [-0.39, 0.29) is 0 Å². The van der Waals surface area contributed by atoms with Gasteiger partial charge in [0, 0.05) is 17.1 Å². The van der Waals surface area contributed by atoms with Gasteiger partial charge in [-0.05, 0) is 18.6 Å². The lowest BCUT2D eigenvalue weighted by molar-refractivity contribution is -0.107. The molecule has 0 radical (unpaired) electrons. The maximum Gasteiger partial charge on any atom is 0.120 e. The third-order valence-electron chi connectivity index (χ3n) is 1.59. The van der Waals surface area contributed by atoms with Gasteiger partial charge in [-0.25, -0.2) is 0 Å². The summed E-state index contributed by atoms with van der Waals surface area (Å²) in [6.07, 6.45) is 1.60. The number of aldehydes is 1. The molecule has 12 heavy (non-hydrogen) atoms. The fourth-order valence-electron chi connectivity index (χ4n) is 0.935.